The summed E-state index contributed by atoms with van der Waals surface area (Å²) in [5.41, 5.74) is 7.12. The molecule has 114 valence electrons. The summed E-state index contributed by atoms with van der Waals surface area (Å²) in [6.07, 6.45) is 4.53. The number of nitrogens with zero attached hydrogens (tertiary/aromatic N) is 1. The van der Waals surface area contributed by atoms with Crippen molar-refractivity contribution in [3.8, 4) is 0 Å². The van der Waals surface area contributed by atoms with E-state index in [1.54, 1.807) is 6.07 Å². The number of carbonyl (C=O) groups is 1. The number of aromatic nitrogens is 1. The molecule has 0 radical (unpaired) electrons. The molecule has 0 aromatic carbocycles. The third-order valence-corrected chi connectivity index (χ3v) is 3.65. The van der Waals surface area contributed by atoms with Crippen LogP contribution in [0.25, 0.3) is 0 Å². The number of amides is 1. The number of hydrogen-bond acceptors (Lipinski definition) is 3. The second-order valence-corrected chi connectivity index (χ2v) is 5.02. The number of halogens is 2. The van der Waals surface area contributed by atoms with Crippen LogP contribution in [0.2, 0.25) is 0 Å². The van der Waals surface area contributed by atoms with Crippen LogP contribution in [0.4, 0.5) is 0 Å². The molecular formula is C14H23Cl2N3O. The van der Waals surface area contributed by atoms with Gasteiger partial charge in [-0.3, -0.25) is 4.79 Å². The molecule has 6 heteroatoms. The minimum absolute atomic E-state index is 0. The van der Waals surface area contributed by atoms with E-state index in [4.69, 9.17) is 5.73 Å². The molecule has 1 heterocycles. The molecule has 0 spiro atoms. The van der Waals surface area contributed by atoms with Gasteiger partial charge in [-0.15, -0.1) is 24.8 Å². The lowest BCUT2D eigenvalue weighted by Gasteiger charge is -2.31. The summed E-state index contributed by atoms with van der Waals surface area (Å²) in [6, 6.07) is 5.71. The van der Waals surface area contributed by atoms with Crippen LogP contribution in [0.3, 0.4) is 0 Å². The Morgan fingerprint density at radius 2 is 2.05 bits per heavy atom. The Kier molecular flexibility index (Phi) is 8.78. The van der Waals surface area contributed by atoms with Crippen molar-refractivity contribution in [1.29, 1.82) is 0 Å². The molecule has 2 unspecified atom stereocenters. The average molecular weight is 320 g/mol. The quantitative estimate of drug-likeness (QED) is 0.899. The molecule has 0 aliphatic heterocycles. The number of carbonyl (C=O) groups excluding carboxylic acids is 1. The summed E-state index contributed by atoms with van der Waals surface area (Å²) >= 11 is 0. The Bertz CT molecular complexity index is 429. The van der Waals surface area contributed by atoms with Crippen molar-refractivity contribution in [2.45, 2.75) is 38.6 Å². The predicted molar refractivity (Wildman–Crippen MR) is 85.7 cm³/mol. The lowest BCUT2D eigenvalue weighted by atomic mass is 9.84. The molecular weight excluding hydrogens is 297 g/mol. The van der Waals surface area contributed by atoms with Crippen molar-refractivity contribution in [1.82, 2.24) is 10.3 Å². The highest BCUT2D eigenvalue weighted by Gasteiger charge is 2.25. The molecule has 3 N–H and O–H groups in total. The molecule has 0 bridgehead atoms. The van der Waals surface area contributed by atoms with E-state index in [0.717, 1.165) is 18.5 Å². The molecule has 1 aromatic rings. The van der Waals surface area contributed by atoms with E-state index in [-0.39, 0.29) is 36.8 Å². The minimum atomic E-state index is -0.0796. The van der Waals surface area contributed by atoms with Gasteiger partial charge >= 0.3 is 0 Å². The first-order valence-corrected chi connectivity index (χ1v) is 6.65. The molecule has 1 amide bonds. The SMILES string of the molecule is Cc1cccc(C(=O)NC2CCCCC2CN)n1.Cl.Cl. The highest BCUT2D eigenvalue weighted by Crippen LogP contribution is 2.23. The normalized spacial score (nSPS) is 21.3. The third kappa shape index (κ3) is 4.93. The van der Waals surface area contributed by atoms with Gasteiger partial charge in [0.05, 0.1) is 0 Å². The largest absolute Gasteiger partial charge is 0.348 e. The van der Waals surface area contributed by atoms with Gasteiger partial charge in [0.2, 0.25) is 0 Å². The fourth-order valence-electron chi connectivity index (χ4n) is 2.59. The van der Waals surface area contributed by atoms with Crippen molar-refractivity contribution in [2.75, 3.05) is 6.54 Å². The molecule has 4 nitrogen and oxygen atoms in total. The summed E-state index contributed by atoms with van der Waals surface area (Å²) < 4.78 is 0. The zero-order valence-electron chi connectivity index (χ0n) is 11.7. The van der Waals surface area contributed by atoms with Crippen LogP contribution in [0.5, 0.6) is 0 Å². The number of rotatable bonds is 3. The highest BCUT2D eigenvalue weighted by molar-refractivity contribution is 5.92. The van der Waals surface area contributed by atoms with E-state index < -0.39 is 0 Å². The zero-order chi connectivity index (χ0) is 13.0. The molecule has 1 aliphatic rings. The highest BCUT2D eigenvalue weighted by atomic mass is 35.5. The summed E-state index contributed by atoms with van der Waals surface area (Å²) in [7, 11) is 0. The third-order valence-electron chi connectivity index (χ3n) is 3.65. The summed E-state index contributed by atoms with van der Waals surface area (Å²) in [5.74, 6) is 0.330. The maximum absolute atomic E-state index is 12.1. The van der Waals surface area contributed by atoms with Gasteiger partial charge in [0.25, 0.3) is 5.91 Å². The van der Waals surface area contributed by atoms with E-state index >= 15 is 0 Å². The molecule has 2 rings (SSSR count). The number of hydrogen-bond donors (Lipinski definition) is 2. The van der Waals surface area contributed by atoms with E-state index in [0.29, 0.717) is 18.2 Å². The smallest absolute Gasteiger partial charge is 0.270 e. The molecule has 2 atom stereocenters. The Morgan fingerprint density at radius 1 is 1.35 bits per heavy atom. The Hall–Kier alpha value is -0.840. The summed E-state index contributed by atoms with van der Waals surface area (Å²) in [5, 5.41) is 3.08. The molecule has 1 aliphatic carbocycles. The first-order chi connectivity index (χ1) is 8.70. The van der Waals surface area contributed by atoms with Crippen LogP contribution in [0.1, 0.15) is 41.9 Å². The van der Waals surface area contributed by atoms with Gasteiger partial charge in [0.1, 0.15) is 5.69 Å². The van der Waals surface area contributed by atoms with Crippen molar-refractivity contribution in [3.05, 3.63) is 29.6 Å². The van der Waals surface area contributed by atoms with Gasteiger partial charge in [-0.25, -0.2) is 4.98 Å². The van der Waals surface area contributed by atoms with Gasteiger partial charge in [0.15, 0.2) is 0 Å². The van der Waals surface area contributed by atoms with E-state index in [9.17, 15) is 4.79 Å². The molecule has 1 fully saturated rings. The Labute approximate surface area is 132 Å². The van der Waals surface area contributed by atoms with Gasteiger partial charge in [0, 0.05) is 11.7 Å². The number of pyridine rings is 1. The lowest BCUT2D eigenvalue weighted by Crippen LogP contribution is -2.44. The fourth-order valence-corrected chi connectivity index (χ4v) is 2.59. The topological polar surface area (TPSA) is 68.0 Å². The molecule has 1 aromatic heterocycles. The van der Waals surface area contributed by atoms with Crippen molar-refractivity contribution >= 4 is 30.7 Å². The van der Waals surface area contributed by atoms with Crippen molar-refractivity contribution in [2.24, 2.45) is 11.7 Å². The summed E-state index contributed by atoms with van der Waals surface area (Å²) in [4.78, 5) is 16.4. The van der Waals surface area contributed by atoms with Crippen molar-refractivity contribution < 1.29 is 4.79 Å². The predicted octanol–water partition coefficient (Wildman–Crippen LogP) is 2.48. The molecule has 0 saturated heterocycles. The average Bonchev–Trinajstić information content (AvgIpc) is 2.39. The second-order valence-electron chi connectivity index (χ2n) is 5.02. The zero-order valence-corrected chi connectivity index (χ0v) is 13.3. The first kappa shape index (κ1) is 19.2. The van der Waals surface area contributed by atoms with Crippen LogP contribution in [-0.4, -0.2) is 23.5 Å². The van der Waals surface area contributed by atoms with E-state index in [2.05, 4.69) is 10.3 Å². The maximum atomic E-state index is 12.1. The van der Waals surface area contributed by atoms with Gasteiger partial charge in [-0.2, -0.15) is 0 Å². The standard InChI is InChI=1S/C14H21N3O.2ClH/c1-10-5-4-8-13(16-10)14(18)17-12-7-3-2-6-11(12)9-15;;/h4-5,8,11-12H,2-3,6-7,9,15H2,1H3,(H,17,18);2*1H. The second kappa shape index (κ2) is 9.16. The molecule has 1 saturated carbocycles. The van der Waals surface area contributed by atoms with Crippen LogP contribution in [0.15, 0.2) is 18.2 Å². The number of nitrogens with one attached hydrogen (secondary N) is 1. The minimum Gasteiger partial charge on any atom is -0.348 e. The lowest BCUT2D eigenvalue weighted by molar-refractivity contribution is 0.0903. The van der Waals surface area contributed by atoms with Crippen LogP contribution in [0, 0.1) is 12.8 Å². The van der Waals surface area contributed by atoms with Crippen molar-refractivity contribution in [3.63, 3.8) is 0 Å². The maximum Gasteiger partial charge on any atom is 0.270 e. The van der Waals surface area contributed by atoms with Gasteiger partial charge < -0.3 is 11.1 Å². The monoisotopic (exact) mass is 319 g/mol. The fraction of sp³-hybridized carbons (Fsp3) is 0.571. The first-order valence-electron chi connectivity index (χ1n) is 6.65. The van der Waals surface area contributed by atoms with Gasteiger partial charge in [-0.05, 0) is 44.4 Å². The number of aryl methyl sites for hydroxylation is 1. The van der Waals surface area contributed by atoms with Crippen LogP contribution >= 0.6 is 24.8 Å². The summed E-state index contributed by atoms with van der Waals surface area (Å²) in [6.45, 7) is 2.53. The number of nitrogens with two attached hydrogens (primary N) is 1. The van der Waals surface area contributed by atoms with E-state index in [1.165, 1.54) is 12.8 Å². The van der Waals surface area contributed by atoms with Crippen LogP contribution in [-0.2, 0) is 0 Å². The molecule has 20 heavy (non-hydrogen) atoms. The van der Waals surface area contributed by atoms with E-state index in [1.807, 2.05) is 19.1 Å². The Morgan fingerprint density at radius 3 is 2.70 bits per heavy atom. The van der Waals surface area contributed by atoms with Gasteiger partial charge in [-0.1, -0.05) is 18.9 Å². The van der Waals surface area contributed by atoms with Crippen LogP contribution < -0.4 is 11.1 Å². The Balaban J connectivity index is 0.00000180.